The molecular formula is C14H21N3S. The van der Waals surface area contributed by atoms with Gasteiger partial charge in [-0.15, -0.1) is 0 Å². The molecule has 1 aromatic carbocycles. The van der Waals surface area contributed by atoms with E-state index >= 15 is 0 Å². The average molecular weight is 263 g/mol. The van der Waals surface area contributed by atoms with E-state index in [0.29, 0.717) is 5.95 Å². The molecule has 0 spiro atoms. The fraction of sp³-hybridized carbons (Fsp3) is 0.500. The minimum atomic E-state index is 0.639. The zero-order valence-corrected chi connectivity index (χ0v) is 12.0. The summed E-state index contributed by atoms with van der Waals surface area (Å²) >= 11 is 1.91. The van der Waals surface area contributed by atoms with Gasteiger partial charge in [0.25, 0.3) is 0 Å². The molecule has 3 nitrogen and oxygen atoms in total. The van der Waals surface area contributed by atoms with Crippen LogP contribution in [0.1, 0.15) is 24.8 Å². The number of imidazole rings is 1. The quantitative estimate of drug-likeness (QED) is 0.812. The predicted molar refractivity (Wildman–Crippen MR) is 81.1 cm³/mol. The molecule has 2 N–H and O–H groups in total. The van der Waals surface area contributed by atoms with Gasteiger partial charge in [-0.1, -0.05) is 12.5 Å². The van der Waals surface area contributed by atoms with Crippen molar-refractivity contribution in [3.05, 3.63) is 23.8 Å². The van der Waals surface area contributed by atoms with Gasteiger partial charge in [0.05, 0.1) is 11.0 Å². The van der Waals surface area contributed by atoms with Gasteiger partial charge in [0.1, 0.15) is 0 Å². The average Bonchev–Trinajstić information content (AvgIpc) is 2.65. The molecule has 0 bridgehead atoms. The van der Waals surface area contributed by atoms with Crippen molar-refractivity contribution in [1.82, 2.24) is 9.55 Å². The van der Waals surface area contributed by atoms with Crippen molar-refractivity contribution in [3.63, 3.8) is 0 Å². The van der Waals surface area contributed by atoms with E-state index in [1.54, 1.807) is 0 Å². The number of aromatic nitrogens is 2. The third-order valence-electron chi connectivity index (χ3n) is 3.16. The maximum atomic E-state index is 5.99. The number of hydrogen-bond donors (Lipinski definition) is 1. The number of thioether (sulfide) groups is 1. The van der Waals surface area contributed by atoms with E-state index in [4.69, 9.17) is 5.73 Å². The molecule has 0 amide bonds. The number of unbranched alkanes of at least 4 members (excludes halogenated alkanes) is 2. The Hall–Kier alpha value is -1.16. The smallest absolute Gasteiger partial charge is 0.201 e. The summed E-state index contributed by atoms with van der Waals surface area (Å²) in [7, 11) is 0. The fourth-order valence-electron chi connectivity index (χ4n) is 2.18. The minimum absolute atomic E-state index is 0.639. The van der Waals surface area contributed by atoms with E-state index in [-0.39, 0.29) is 0 Å². The molecule has 0 atom stereocenters. The SMILES string of the molecule is CSCCCCCn1c(N)nc2ccc(C)cc21. The molecule has 0 aliphatic carbocycles. The van der Waals surface area contributed by atoms with Gasteiger partial charge in [-0.25, -0.2) is 4.98 Å². The highest BCUT2D eigenvalue weighted by Gasteiger charge is 2.07. The summed E-state index contributed by atoms with van der Waals surface area (Å²) in [5, 5.41) is 0. The molecule has 0 radical (unpaired) electrons. The topological polar surface area (TPSA) is 43.8 Å². The first-order chi connectivity index (χ1) is 8.72. The van der Waals surface area contributed by atoms with Crippen molar-refractivity contribution in [2.45, 2.75) is 32.7 Å². The number of fused-ring (bicyclic) bond motifs is 1. The van der Waals surface area contributed by atoms with Crippen LogP contribution in [0.4, 0.5) is 5.95 Å². The normalized spacial score (nSPS) is 11.2. The highest BCUT2D eigenvalue weighted by molar-refractivity contribution is 7.98. The van der Waals surface area contributed by atoms with Crippen LogP contribution in [0.25, 0.3) is 11.0 Å². The van der Waals surface area contributed by atoms with Gasteiger partial charge in [0.2, 0.25) is 5.95 Å². The molecule has 0 aliphatic rings. The van der Waals surface area contributed by atoms with Crippen LogP contribution in [0.3, 0.4) is 0 Å². The van der Waals surface area contributed by atoms with E-state index in [1.165, 1.54) is 30.6 Å². The molecular weight excluding hydrogens is 242 g/mol. The lowest BCUT2D eigenvalue weighted by atomic mass is 10.2. The lowest BCUT2D eigenvalue weighted by Gasteiger charge is -2.06. The van der Waals surface area contributed by atoms with Crippen LogP contribution < -0.4 is 5.73 Å². The molecule has 0 unspecified atom stereocenters. The van der Waals surface area contributed by atoms with Gasteiger partial charge in [-0.2, -0.15) is 11.8 Å². The van der Waals surface area contributed by atoms with Crippen molar-refractivity contribution in [2.24, 2.45) is 0 Å². The van der Waals surface area contributed by atoms with E-state index in [1.807, 2.05) is 17.8 Å². The Morgan fingerprint density at radius 2 is 2.11 bits per heavy atom. The second-order valence-electron chi connectivity index (χ2n) is 4.67. The highest BCUT2D eigenvalue weighted by atomic mass is 32.2. The summed E-state index contributed by atoms with van der Waals surface area (Å²) in [6.07, 6.45) is 5.87. The van der Waals surface area contributed by atoms with Gasteiger partial charge < -0.3 is 10.3 Å². The minimum Gasteiger partial charge on any atom is -0.369 e. The number of anilines is 1. The molecule has 18 heavy (non-hydrogen) atoms. The molecule has 1 aromatic heterocycles. The van der Waals surface area contributed by atoms with Gasteiger partial charge in [-0.05, 0) is 49.5 Å². The number of rotatable bonds is 6. The van der Waals surface area contributed by atoms with Crippen molar-refractivity contribution < 1.29 is 0 Å². The maximum Gasteiger partial charge on any atom is 0.201 e. The first-order valence-corrected chi connectivity index (χ1v) is 7.83. The van der Waals surface area contributed by atoms with E-state index in [0.717, 1.165) is 17.6 Å². The van der Waals surface area contributed by atoms with Crippen molar-refractivity contribution in [3.8, 4) is 0 Å². The van der Waals surface area contributed by atoms with Crippen LogP contribution in [-0.2, 0) is 6.54 Å². The summed E-state index contributed by atoms with van der Waals surface area (Å²) < 4.78 is 2.14. The van der Waals surface area contributed by atoms with Crippen molar-refractivity contribution >= 4 is 28.7 Å². The Kier molecular flexibility index (Phi) is 4.53. The predicted octanol–water partition coefficient (Wildman–Crippen LogP) is 3.46. The molecule has 0 saturated carbocycles. The molecule has 2 rings (SSSR count). The zero-order chi connectivity index (χ0) is 13.0. The van der Waals surface area contributed by atoms with Gasteiger partial charge in [-0.3, -0.25) is 0 Å². The fourth-order valence-corrected chi connectivity index (χ4v) is 2.67. The van der Waals surface area contributed by atoms with Crippen LogP contribution in [0.15, 0.2) is 18.2 Å². The summed E-state index contributed by atoms with van der Waals surface area (Å²) in [4.78, 5) is 4.41. The molecule has 0 fully saturated rings. The summed E-state index contributed by atoms with van der Waals surface area (Å²) in [5.74, 6) is 1.89. The third kappa shape index (κ3) is 2.99. The summed E-state index contributed by atoms with van der Waals surface area (Å²) in [6, 6.07) is 6.30. The highest BCUT2D eigenvalue weighted by Crippen LogP contribution is 2.20. The van der Waals surface area contributed by atoms with Crippen LogP contribution in [0, 0.1) is 6.92 Å². The molecule has 0 saturated heterocycles. The number of nitrogen functional groups attached to an aromatic ring is 1. The van der Waals surface area contributed by atoms with E-state index in [9.17, 15) is 0 Å². The molecule has 1 heterocycles. The maximum absolute atomic E-state index is 5.99. The van der Waals surface area contributed by atoms with Crippen LogP contribution in [0.5, 0.6) is 0 Å². The van der Waals surface area contributed by atoms with E-state index < -0.39 is 0 Å². The van der Waals surface area contributed by atoms with Crippen molar-refractivity contribution in [1.29, 1.82) is 0 Å². The Morgan fingerprint density at radius 3 is 2.89 bits per heavy atom. The van der Waals surface area contributed by atoms with Gasteiger partial charge in [0, 0.05) is 6.54 Å². The number of nitrogens with zero attached hydrogens (tertiary/aromatic N) is 2. The van der Waals surface area contributed by atoms with Gasteiger partial charge >= 0.3 is 0 Å². The largest absolute Gasteiger partial charge is 0.369 e. The number of aryl methyl sites for hydroxylation is 2. The Labute approximate surface area is 113 Å². The lowest BCUT2D eigenvalue weighted by Crippen LogP contribution is -2.03. The van der Waals surface area contributed by atoms with E-state index in [2.05, 4.69) is 34.9 Å². The third-order valence-corrected chi connectivity index (χ3v) is 3.86. The second-order valence-corrected chi connectivity index (χ2v) is 5.65. The first kappa shape index (κ1) is 13.3. The second kappa shape index (κ2) is 6.14. The standard InChI is InChI=1S/C14H21N3S/c1-11-6-7-12-13(10-11)17(14(15)16-12)8-4-3-5-9-18-2/h6-7,10H,3-5,8-9H2,1-2H3,(H2,15,16). The van der Waals surface area contributed by atoms with Crippen molar-refractivity contribution in [2.75, 3.05) is 17.7 Å². The monoisotopic (exact) mass is 263 g/mol. The zero-order valence-electron chi connectivity index (χ0n) is 11.1. The molecule has 2 aromatic rings. The van der Waals surface area contributed by atoms with Crippen LogP contribution in [0.2, 0.25) is 0 Å². The summed E-state index contributed by atoms with van der Waals surface area (Å²) in [5.41, 5.74) is 9.41. The Bertz CT molecular complexity index is 519. The Balaban J connectivity index is 2.07. The molecule has 4 heteroatoms. The molecule has 0 aliphatic heterocycles. The number of hydrogen-bond acceptors (Lipinski definition) is 3. The lowest BCUT2D eigenvalue weighted by molar-refractivity contribution is 0.621. The number of nitrogens with two attached hydrogens (primary N) is 1. The van der Waals surface area contributed by atoms with Crippen LogP contribution in [-0.4, -0.2) is 21.6 Å². The Morgan fingerprint density at radius 1 is 1.28 bits per heavy atom. The first-order valence-electron chi connectivity index (χ1n) is 6.43. The number of benzene rings is 1. The van der Waals surface area contributed by atoms with Crippen LogP contribution >= 0.6 is 11.8 Å². The molecule has 98 valence electrons. The summed E-state index contributed by atoms with van der Waals surface area (Å²) in [6.45, 7) is 3.08. The van der Waals surface area contributed by atoms with Gasteiger partial charge in [0.15, 0.2) is 0 Å².